The smallest absolute Gasteiger partial charge is 0.261 e. The van der Waals surface area contributed by atoms with Crippen LogP contribution in [0.3, 0.4) is 0 Å². The Bertz CT molecular complexity index is 794. The third kappa shape index (κ3) is 4.81. The monoisotopic (exact) mass is 359 g/mol. The minimum Gasteiger partial charge on any atom is -0.304 e. The van der Waals surface area contributed by atoms with Gasteiger partial charge in [0, 0.05) is 38.4 Å². The van der Waals surface area contributed by atoms with Crippen molar-refractivity contribution in [2.75, 3.05) is 37.9 Å². The van der Waals surface area contributed by atoms with Crippen LogP contribution in [0, 0.1) is 6.92 Å². The maximum atomic E-state index is 12.4. The molecular formula is C19H25N3O2S. The van der Waals surface area contributed by atoms with Gasteiger partial charge in [-0.05, 0) is 43.8 Å². The largest absolute Gasteiger partial charge is 0.304 e. The van der Waals surface area contributed by atoms with Crippen LogP contribution in [0.4, 0.5) is 5.69 Å². The summed E-state index contributed by atoms with van der Waals surface area (Å²) < 4.78 is 27.5. The van der Waals surface area contributed by atoms with E-state index in [4.69, 9.17) is 0 Å². The Morgan fingerprint density at radius 1 is 0.920 bits per heavy atom. The molecule has 1 N–H and O–H groups in total. The normalized spacial score (nSPS) is 16.7. The van der Waals surface area contributed by atoms with E-state index in [0.717, 1.165) is 38.3 Å². The molecule has 3 rings (SSSR count). The summed E-state index contributed by atoms with van der Waals surface area (Å²) in [5.41, 5.74) is 2.82. The highest BCUT2D eigenvalue weighted by molar-refractivity contribution is 7.92. The summed E-state index contributed by atoms with van der Waals surface area (Å²) in [5.74, 6) is 0. The lowest BCUT2D eigenvalue weighted by molar-refractivity contribution is 0.148. The Morgan fingerprint density at radius 2 is 1.52 bits per heavy atom. The summed E-state index contributed by atoms with van der Waals surface area (Å²) in [6.45, 7) is 7.15. The summed E-state index contributed by atoms with van der Waals surface area (Å²) in [4.78, 5) is 5.03. The maximum Gasteiger partial charge on any atom is 0.261 e. The molecule has 1 fully saturated rings. The van der Waals surface area contributed by atoms with Crippen LogP contribution in [-0.2, 0) is 16.6 Å². The molecule has 0 bridgehead atoms. The van der Waals surface area contributed by atoms with Gasteiger partial charge < -0.3 is 4.90 Å². The fourth-order valence-electron chi connectivity index (χ4n) is 2.87. The molecule has 0 aliphatic carbocycles. The molecule has 0 amide bonds. The number of hydrogen-bond donors (Lipinski definition) is 1. The van der Waals surface area contributed by atoms with Gasteiger partial charge in [0.2, 0.25) is 0 Å². The lowest BCUT2D eigenvalue weighted by Crippen LogP contribution is -2.43. The summed E-state index contributed by atoms with van der Waals surface area (Å²) in [6.07, 6.45) is 0. The van der Waals surface area contributed by atoms with Crippen molar-refractivity contribution in [2.45, 2.75) is 18.4 Å². The van der Waals surface area contributed by atoms with Crippen LogP contribution in [0.2, 0.25) is 0 Å². The minimum atomic E-state index is -3.54. The molecule has 2 aromatic rings. The van der Waals surface area contributed by atoms with E-state index in [-0.39, 0.29) is 4.90 Å². The first kappa shape index (κ1) is 17.9. The molecule has 0 saturated carbocycles. The van der Waals surface area contributed by atoms with Crippen LogP contribution in [0.1, 0.15) is 11.1 Å². The lowest BCUT2D eigenvalue weighted by atomic mass is 10.2. The second-order valence-electron chi connectivity index (χ2n) is 6.69. The van der Waals surface area contributed by atoms with Crippen molar-refractivity contribution >= 4 is 15.7 Å². The standard InChI is InChI=1S/C19H25N3O2S/c1-16-3-9-19(10-4-16)25(23,24)20-18-7-5-17(6-8-18)15-22-13-11-21(2)12-14-22/h3-10,20H,11-15H2,1-2H3. The zero-order valence-electron chi connectivity index (χ0n) is 14.8. The molecule has 0 aromatic heterocycles. The zero-order chi connectivity index (χ0) is 17.9. The second-order valence-corrected chi connectivity index (χ2v) is 8.38. The fraction of sp³-hybridized carbons (Fsp3) is 0.368. The van der Waals surface area contributed by atoms with Gasteiger partial charge in [-0.25, -0.2) is 8.42 Å². The molecule has 1 heterocycles. The summed E-state index contributed by atoms with van der Waals surface area (Å²) in [6, 6.07) is 14.5. The van der Waals surface area contributed by atoms with Crippen LogP contribution < -0.4 is 4.72 Å². The van der Waals surface area contributed by atoms with E-state index in [9.17, 15) is 8.42 Å². The number of likely N-dealkylation sites (N-methyl/N-ethyl adjacent to an activating group) is 1. The molecule has 25 heavy (non-hydrogen) atoms. The zero-order valence-corrected chi connectivity index (χ0v) is 15.6. The lowest BCUT2D eigenvalue weighted by Gasteiger charge is -2.32. The molecule has 0 atom stereocenters. The summed E-state index contributed by atoms with van der Waals surface area (Å²) >= 11 is 0. The average molecular weight is 359 g/mol. The van der Waals surface area contributed by atoms with Gasteiger partial charge in [-0.2, -0.15) is 0 Å². The predicted molar refractivity (Wildman–Crippen MR) is 101 cm³/mol. The Morgan fingerprint density at radius 3 is 2.12 bits per heavy atom. The predicted octanol–water partition coefficient (Wildman–Crippen LogP) is 2.54. The number of sulfonamides is 1. The quantitative estimate of drug-likeness (QED) is 0.891. The Balaban J connectivity index is 1.63. The number of anilines is 1. The van der Waals surface area contributed by atoms with E-state index in [1.165, 1.54) is 5.56 Å². The van der Waals surface area contributed by atoms with Gasteiger partial charge in [-0.1, -0.05) is 29.8 Å². The van der Waals surface area contributed by atoms with Gasteiger partial charge in [-0.15, -0.1) is 0 Å². The molecule has 0 unspecified atom stereocenters. The maximum absolute atomic E-state index is 12.4. The molecule has 1 aliphatic rings. The SMILES string of the molecule is Cc1ccc(S(=O)(=O)Nc2ccc(CN3CCN(C)CC3)cc2)cc1. The van der Waals surface area contributed by atoms with Crippen LogP contribution in [-0.4, -0.2) is 51.4 Å². The first-order valence-electron chi connectivity index (χ1n) is 8.52. The van der Waals surface area contributed by atoms with E-state index in [1.54, 1.807) is 24.3 Å². The molecule has 134 valence electrons. The second kappa shape index (κ2) is 7.56. The van der Waals surface area contributed by atoms with Crippen molar-refractivity contribution in [1.82, 2.24) is 9.80 Å². The van der Waals surface area contributed by atoms with Gasteiger partial charge in [0.05, 0.1) is 4.90 Å². The molecule has 1 saturated heterocycles. The number of piperazine rings is 1. The van der Waals surface area contributed by atoms with Crippen LogP contribution in [0.5, 0.6) is 0 Å². The van der Waals surface area contributed by atoms with Crippen LogP contribution >= 0.6 is 0 Å². The average Bonchev–Trinajstić information content (AvgIpc) is 2.59. The van der Waals surface area contributed by atoms with Gasteiger partial charge in [0.25, 0.3) is 10.0 Å². The summed E-state index contributed by atoms with van der Waals surface area (Å²) in [5, 5.41) is 0. The van der Waals surface area contributed by atoms with E-state index in [2.05, 4.69) is 21.6 Å². The van der Waals surface area contributed by atoms with E-state index < -0.39 is 10.0 Å². The number of hydrogen-bond acceptors (Lipinski definition) is 4. The molecule has 6 heteroatoms. The van der Waals surface area contributed by atoms with Crippen molar-refractivity contribution in [3.8, 4) is 0 Å². The Kier molecular flexibility index (Phi) is 5.42. The van der Waals surface area contributed by atoms with Crippen molar-refractivity contribution in [3.63, 3.8) is 0 Å². The molecule has 1 aliphatic heterocycles. The van der Waals surface area contributed by atoms with Crippen molar-refractivity contribution < 1.29 is 8.42 Å². The molecule has 2 aromatic carbocycles. The van der Waals surface area contributed by atoms with E-state index in [1.807, 2.05) is 31.2 Å². The molecular weight excluding hydrogens is 334 g/mol. The van der Waals surface area contributed by atoms with Gasteiger partial charge in [0.15, 0.2) is 0 Å². The van der Waals surface area contributed by atoms with E-state index in [0.29, 0.717) is 5.69 Å². The van der Waals surface area contributed by atoms with Crippen molar-refractivity contribution in [2.24, 2.45) is 0 Å². The minimum absolute atomic E-state index is 0.277. The topological polar surface area (TPSA) is 52.7 Å². The highest BCUT2D eigenvalue weighted by Gasteiger charge is 2.15. The fourth-order valence-corrected chi connectivity index (χ4v) is 3.93. The first-order valence-corrected chi connectivity index (χ1v) is 10.00. The first-order chi connectivity index (χ1) is 11.9. The van der Waals surface area contributed by atoms with Crippen LogP contribution in [0.15, 0.2) is 53.4 Å². The molecule has 0 radical (unpaired) electrons. The van der Waals surface area contributed by atoms with Crippen LogP contribution in [0.25, 0.3) is 0 Å². The number of aryl methyl sites for hydroxylation is 1. The van der Waals surface area contributed by atoms with Crippen molar-refractivity contribution in [1.29, 1.82) is 0 Å². The third-order valence-electron chi connectivity index (χ3n) is 4.54. The van der Waals surface area contributed by atoms with Gasteiger partial charge in [0.1, 0.15) is 0 Å². The molecule has 5 nitrogen and oxygen atoms in total. The van der Waals surface area contributed by atoms with Crippen molar-refractivity contribution in [3.05, 3.63) is 59.7 Å². The van der Waals surface area contributed by atoms with Gasteiger partial charge in [-0.3, -0.25) is 9.62 Å². The Hall–Kier alpha value is -1.89. The highest BCUT2D eigenvalue weighted by Crippen LogP contribution is 2.18. The summed E-state index contributed by atoms with van der Waals surface area (Å²) in [7, 11) is -1.40. The van der Waals surface area contributed by atoms with Gasteiger partial charge >= 0.3 is 0 Å². The van der Waals surface area contributed by atoms with E-state index >= 15 is 0 Å². The Labute approximate surface area is 150 Å². The highest BCUT2D eigenvalue weighted by atomic mass is 32.2. The third-order valence-corrected chi connectivity index (χ3v) is 5.94. The number of benzene rings is 2. The number of nitrogens with zero attached hydrogens (tertiary/aromatic N) is 2. The number of nitrogens with one attached hydrogen (secondary N) is 1. The molecule has 0 spiro atoms. The number of rotatable bonds is 5.